The van der Waals surface area contributed by atoms with Crippen LogP contribution in [-0.2, 0) is 6.54 Å². The number of rotatable bonds is 5. The summed E-state index contributed by atoms with van der Waals surface area (Å²) in [6.45, 7) is 10.5. The molecule has 6 heteroatoms. The van der Waals surface area contributed by atoms with Crippen LogP contribution in [0.25, 0.3) is 22.0 Å². The fourth-order valence-corrected chi connectivity index (χ4v) is 4.03. The SMILES string of the molecule is CNC(C)(C)C.CO.Cc1cc(C=O)cc(-c2ccc3[nH]c(CN4CCCC4CO)cc3c2)c1. The minimum atomic E-state index is 0.233. The highest BCUT2D eigenvalue weighted by Gasteiger charge is 2.24. The number of carbonyl (C=O) groups is 1. The van der Waals surface area contributed by atoms with Gasteiger partial charge in [0.1, 0.15) is 6.29 Å². The second-order valence-electron chi connectivity index (χ2n) is 9.80. The summed E-state index contributed by atoms with van der Waals surface area (Å²) in [5, 5.41) is 20.8. The van der Waals surface area contributed by atoms with Crippen LogP contribution in [0.2, 0.25) is 0 Å². The molecule has 0 spiro atoms. The molecule has 0 saturated carbocycles. The van der Waals surface area contributed by atoms with Crippen LogP contribution in [0.1, 0.15) is 55.2 Å². The fourth-order valence-electron chi connectivity index (χ4n) is 4.03. The number of nitrogens with one attached hydrogen (secondary N) is 2. The van der Waals surface area contributed by atoms with Crippen LogP contribution >= 0.6 is 0 Å². The van der Waals surface area contributed by atoms with Gasteiger partial charge in [0.05, 0.1) is 6.61 Å². The Bertz CT molecular complexity index is 1050. The number of aliphatic hydroxyl groups is 2. The molecule has 4 rings (SSSR count). The van der Waals surface area contributed by atoms with Gasteiger partial charge in [-0.25, -0.2) is 0 Å². The highest BCUT2D eigenvalue weighted by atomic mass is 16.3. The lowest BCUT2D eigenvalue weighted by atomic mass is 9.99. The van der Waals surface area contributed by atoms with Crippen molar-refractivity contribution in [3.63, 3.8) is 0 Å². The van der Waals surface area contributed by atoms with Gasteiger partial charge >= 0.3 is 0 Å². The Labute approximate surface area is 204 Å². The molecule has 186 valence electrons. The van der Waals surface area contributed by atoms with E-state index in [4.69, 9.17) is 5.11 Å². The molecule has 3 aromatic rings. The molecule has 1 fully saturated rings. The number of aryl methyl sites for hydroxylation is 1. The predicted molar refractivity (Wildman–Crippen MR) is 141 cm³/mol. The maximum atomic E-state index is 11.1. The third-order valence-corrected chi connectivity index (χ3v) is 6.08. The topological polar surface area (TPSA) is 88.6 Å². The van der Waals surface area contributed by atoms with Gasteiger partial charge in [-0.05, 0) is 101 Å². The second-order valence-corrected chi connectivity index (χ2v) is 9.80. The third-order valence-electron chi connectivity index (χ3n) is 6.08. The molecule has 0 aliphatic carbocycles. The Kier molecular flexibility index (Phi) is 10.5. The first-order chi connectivity index (χ1) is 16.2. The van der Waals surface area contributed by atoms with Crippen LogP contribution in [0.15, 0.2) is 42.5 Å². The van der Waals surface area contributed by atoms with E-state index in [1.165, 1.54) is 11.1 Å². The molecule has 1 aliphatic heterocycles. The van der Waals surface area contributed by atoms with E-state index in [2.05, 4.69) is 66.3 Å². The van der Waals surface area contributed by atoms with E-state index < -0.39 is 0 Å². The Balaban J connectivity index is 0.000000447. The number of benzene rings is 2. The van der Waals surface area contributed by atoms with Crippen molar-refractivity contribution in [3.05, 3.63) is 59.3 Å². The summed E-state index contributed by atoms with van der Waals surface area (Å²) < 4.78 is 0. The van der Waals surface area contributed by atoms with Crippen molar-refractivity contribution in [1.29, 1.82) is 0 Å². The molecule has 0 radical (unpaired) electrons. The van der Waals surface area contributed by atoms with E-state index in [-0.39, 0.29) is 12.6 Å². The molecule has 2 aromatic carbocycles. The number of aldehydes is 1. The lowest BCUT2D eigenvalue weighted by Gasteiger charge is -2.21. The van der Waals surface area contributed by atoms with Gasteiger partial charge < -0.3 is 20.5 Å². The van der Waals surface area contributed by atoms with Crippen molar-refractivity contribution in [2.75, 3.05) is 27.3 Å². The summed E-state index contributed by atoms with van der Waals surface area (Å²) in [4.78, 5) is 17.0. The molecule has 4 N–H and O–H groups in total. The maximum Gasteiger partial charge on any atom is 0.150 e. The van der Waals surface area contributed by atoms with Crippen LogP contribution in [0.3, 0.4) is 0 Å². The molecule has 1 unspecified atom stereocenters. The molecule has 0 amide bonds. The van der Waals surface area contributed by atoms with Crippen LogP contribution in [-0.4, -0.2) is 65.3 Å². The van der Waals surface area contributed by atoms with Gasteiger partial charge in [0.15, 0.2) is 0 Å². The quantitative estimate of drug-likeness (QED) is 0.414. The summed E-state index contributed by atoms with van der Waals surface area (Å²) in [7, 11) is 2.96. The van der Waals surface area contributed by atoms with Crippen molar-refractivity contribution >= 4 is 17.2 Å². The van der Waals surface area contributed by atoms with E-state index in [1.807, 2.05) is 26.1 Å². The Morgan fingerprint density at radius 3 is 2.44 bits per heavy atom. The molecule has 0 bridgehead atoms. The van der Waals surface area contributed by atoms with E-state index in [1.54, 1.807) is 0 Å². The second kappa shape index (κ2) is 12.8. The summed E-state index contributed by atoms with van der Waals surface area (Å²) in [5.41, 5.74) is 6.56. The van der Waals surface area contributed by atoms with Crippen molar-refractivity contribution in [2.45, 2.75) is 58.7 Å². The normalized spacial score (nSPS) is 15.9. The summed E-state index contributed by atoms with van der Waals surface area (Å²) in [6.07, 6.45) is 3.13. The van der Waals surface area contributed by atoms with E-state index in [9.17, 15) is 9.90 Å². The van der Waals surface area contributed by atoms with E-state index >= 15 is 0 Å². The Morgan fingerprint density at radius 1 is 1.12 bits per heavy atom. The summed E-state index contributed by atoms with van der Waals surface area (Å²) in [6, 6.07) is 14.8. The minimum Gasteiger partial charge on any atom is -0.400 e. The van der Waals surface area contributed by atoms with Crippen molar-refractivity contribution in [1.82, 2.24) is 15.2 Å². The lowest BCUT2D eigenvalue weighted by Crippen LogP contribution is -2.31. The van der Waals surface area contributed by atoms with Crippen molar-refractivity contribution < 1.29 is 15.0 Å². The van der Waals surface area contributed by atoms with Crippen LogP contribution in [0.5, 0.6) is 0 Å². The van der Waals surface area contributed by atoms with Crippen molar-refractivity contribution in [3.8, 4) is 11.1 Å². The third kappa shape index (κ3) is 7.77. The molecule has 1 atom stereocenters. The van der Waals surface area contributed by atoms with Gasteiger partial charge in [-0.15, -0.1) is 0 Å². The number of aromatic amines is 1. The molecule has 1 saturated heterocycles. The lowest BCUT2D eigenvalue weighted by molar-refractivity contribution is 0.112. The molecule has 34 heavy (non-hydrogen) atoms. The van der Waals surface area contributed by atoms with E-state index in [0.29, 0.717) is 11.1 Å². The predicted octanol–water partition coefficient (Wildman–Crippen LogP) is 4.53. The standard InChI is InChI=1S/C22H24N2O2.C5H13N.CH4O/c1-15-7-16(13-25)9-18(8-15)17-4-5-22-19(10-17)11-20(23-22)12-24-6-2-3-21(24)14-26;1-5(2,3)6-4;1-2/h4-5,7-11,13,21,23,26H,2-3,6,12,14H2,1H3;6H,1-4H3;2H,1H3. The van der Waals surface area contributed by atoms with Crippen LogP contribution in [0, 0.1) is 6.92 Å². The zero-order chi connectivity index (χ0) is 25.3. The van der Waals surface area contributed by atoms with Crippen LogP contribution in [0.4, 0.5) is 0 Å². The molecule has 1 aromatic heterocycles. The average molecular weight is 468 g/mol. The highest BCUT2D eigenvalue weighted by Crippen LogP contribution is 2.28. The molecule has 2 heterocycles. The zero-order valence-electron chi connectivity index (χ0n) is 21.5. The molecular weight excluding hydrogens is 426 g/mol. The Hall–Kier alpha value is -2.51. The molecular formula is C28H41N3O3. The summed E-state index contributed by atoms with van der Waals surface area (Å²) >= 11 is 0. The summed E-state index contributed by atoms with van der Waals surface area (Å²) in [5.74, 6) is 0. The number of nitrogens with zero attached hydrogens (tertiary/aromatic N) is 1. The van der Waals surface area contributed by atoms with Crippen LogP contribution < -0.4 is 5.32 Å². The van der Waals surface area contributed by atoms with Gasteiger partial charge in [-0.1, -0.05) is 12.1 Å². The maximum absolute atomic E-state index is 11.1. The number of H-pyrrole nitrogens is 1. The van der Waals surface area contributed by atoms with Gasteiger partial charge in [0.2, 0.25) is 0 Å². The largest absolute Gasteiger partial charge is 0.400 e. The smallest absolute Gasteiger partial charge is 0.150 e. The number of aliphatic hydroxyl groups excluding tert-OH is 2. The number of carbonyl (C=O) groups excluding carboxylic acids is 1. The van der Waals surface area contributed by atoms with Gasteiger partial charge in [0, 0.05) is 47.4 Å². The first kappa shape index (κ1) is 27.7. The first-order valence-electron chi connectivity index (χ1n) is 11.9. The number of likely N-dealkylation sites (tertiary alicyclic amines) is 1. The minimum absolute atomic E-state index is 0.233. The monoisotopic (exact) mass is 467 g/mol. The van der Waals surface area contributed by atoms with Gasteiger partial charge in [-0.2, -0.15) is 0 Å². The number of fused-ring (bicyclic) bond motifs is 1. The first-order valence-corrected chi connectivity index (χ1v) is 11.9. The van der Waals surface area contributed by atoms with Crippen molar-refractivity contribution in [2.24, 2.45) is 0 Å². The highest BCUT2D eigenvalue weighted by molar-refractivity contribution is 5.87. The average Bonchev–Trinajstić information content (AvgIpc) is 3.45. The number of hydrogen-bond donors (Lipinski definition) is 4. The van der Waals surface area contributed by atoms with E-state index in [0.717, 1.165) is 61.5 Å². The molecule has 6 nitrogen and oxygen atoms in total. The Morgan fingerprint density at radius 2 is 1.82 bits per heavy atom. The zero-order valence-corrected chi connectivity index (χ0v) is 21.5. The number of hydrogen-bond acceptors (Lipinski definition) is 5. The molecule has 1 aliphatic rings. The van der Waals surface area contributed by atoms with Gasteiger partial charge in [-0.3, -0.25) is 9.69 Å². The fraction of sp³-hybridized carbons (Fsp3) is 0.464. The number of aromatic nitrogens is 1. The van der Waals surface area contributed by atoms with Gasteiger partial charge in [0.25, 0.3) is 0 Å².